The van der Waals surface area contributed by atoms with Crippen molar-refractivity contribution in [2.75, 3.05) is 0 Å². The monoisotopic (exact) mass is 334 g/mol. The molecule has 2 N–H and O–H groups in total. The standard InChI is InChI=1S/C18H26N2O2S/c21-23(22,19-17-7-3-4-8-17)20-18-15-9-10-16(18)12-14-6-2-1-5-13(14)11-15/h1-2,5-6,15-20H,3-4,7-12H2. The minimum absolute atomic E-state index is 0.0845. The summed E-state index contributed by atoms with van der Waals surface area (Å²) >= 11 is 0. The molecule has 3 aliphatic rings. The second kappa shape index (κ2) is 6.19. The maximum absolute atomic E-state index is 12.5. The Morgan fingerprint density at radius 3 is 1.96 bits per heavy atom. The van der Waals surface area contributed by atoms with E-state index < -0.39 is 10.2 Å². The van der Waals surface area contributed by atoms with Crippen LogP contribution in [0, 0.1) is 11.8 Å². The molecular formula is C18H26N2O2S. The molecule has 0 aliphatic heterocycles. The highest BCUT2D eigenvalue weighted by Gasteiger charge is 2.41. The second-order valence-electron chi connectivity index (χ2n) is 7.52. The Bertz CT molecular complexity index is 634. The molecule has 5 heteroatoms. The molecule has 4 nitrogen and oxygen atoms in total. The summed E-state index contributed by atoms with van der Waals surface area (Å²) in [5.74, 6) is 0.868. The molecule has 0 saturated heterocycles. The van der Waals surface area contributed by atoms with Crippen LogP contribution in [-0.2, 0) is 23.1 Å². The van der Waals surface area contributed by atoms with Gasteiger partial charge >= 0.3 is 0 Å². The molecule has 0 heterocycles. The molecule has 2 saturated carbocycles. The fourth-order valence-corrected chi connectivity index (χ4v) is 6.31. The van der Waals surface area contributed by atoms with Gasteiger partial charge in [0.15, 0.2) is 0 Å². The predicted octanol–water partition coefficient (Wildman–Crippen LogP) is 2.55. The zero-order chi connectivity index (χ0) is 15.9. The highest BCUT2D eigenvalue weighted by atomic mass is 32.2. The Kier molecular flexibility index (Phi) is 4.20. The normalized spacial score (nSPS) is 31.0. The van der Waals surface area contributed by atoms with Gasteiger partial charge in [0.05, 0.1) is 0 Å². The molecule has 2 atom stereocenters. The van der Waals surface area contributed by atoms with Crippen molar-refractivity contribution in [2.45, 2.75) is 63.5 Å². The van der Waals surface area contributed by atoms with E-state index >= 15 is 0 Å². The minimum atomic E-state index is -3.39. The fourth-order valence-electron chi connectivity index (χ4n) is 4.82. The van der Waals surface area contributed by atoms with E-state index in [1.165, 1.54) is 11.1 Å². The van der Waals surface area contributed by atoms with Crippen LogP contribution < -0.4 is 9.44 Å². The maximum Gasteiger partial charge on any atom is 0.277 e. The van der Waals surface area contributed by atoms with Crippen molar-refractivity contribution in [3.8, 4) is 0 Å². The van der Waals surface area contributed by atoms with Gasteiger partial charge in [-0.1, -0.05) is 37.1 Å². The van der Waals surface area contributed by atoms with E-state index in [1.54, 1.807) is 0 Å². The smallest absolute Gasteiger partial charge is 0.199 e. The van der Waals surface area contributed by atoms with Crippen LogP contribution in [0.3, 0.4) is 0 Å². The van der Waals surface area contributed by atoms with Gasteiger partial charge in [0, 0.05) is 12.1 Å². The van der Waals surface area contributed by atoms with E-state index in [2.05, 4.69) is 33.7 Å². The van der Waals surface area contributed by atoms with Crippen LogP contribution in [0.4, 0.5) is 0 Å². The molecule has 1 aromatic rings. The largest absolute Gasteiger partial charge is 0.277 e. The van der Waals surface area contributed by atoms with E-state index in [0.717, 1.165) is 51.4 Å². The van der Waals surface area contributed by atoms with Crippen LogP contribution in [0.15, 0.2) is 24.3 Å². The summed E-state index contributed by atoms with van der Waals surface area (Å²) in [5, 5.41) is 0. The van der Waals surface area contributed by atoms with Gasteiger partial charge in [0.25, 0.3) is 10.2 Å². The van der Waals surface area contributed by atoms with Crippen LogP contribution in [0.5, 0.6) is 0 Å². The first-order valence-electron chi connectivity index (χ1n) is 8.97. The highest BCUT2D eigenvalue weighted by Crippen LogP contribution is 2.40. The van der Waals surface area contributed by atoms with E-state index in [4.69, 9.17) is 0 Å². The molecule has 0 radical (unpaired) electrons. The lowest BCUT2D eigenvalue weighted by molar-refractivity contribution is 0.382. The zero-order valence-corrected chi connectivity index (χ0v) is 14.3. The average molecular weight is 334 g/mol. The van der Waals surface area contributed by atoms with Crippen molar-refractivity contribution in [3.05, 3.63) is 35.4 Å². The molecule has 2 bridgehead atoms. The second-order valence-corrected chi connectivity index (χ2v) is 9.00. The highest BCUT2D eigenvalue weighted by molar-refractivity contribution is 7.87. The lowest BCUT2D eigenvalue weighted by Crippen LogP contribution is -2.49. The average Bonchev–Trinajstić information content (AvgIpc) is 3.07. The Morgan fingerprint density at radius 2 is 1.39 bits per heavy atom. The molecule has 1 aromatic carbocycles. The summed E-state index contributed by atoms with van der Waals surface area (Å²) in [7, 11) is -3.39. The number of hydrogen-bond acceptors (Lipinski definition) is 2. The number of hydrogen-bond donors (Lipinski definition) is 2. The summed E-state index contributed by atoms with van der Waals surface area (Å²) in [6.45, 7) is 0. The van der Waals surface area contributed by atoms with Crippen LogP contribution in [0.25, 0.3) is 0 Å². The quantitative estimate of drug-likeness (QED) is 0.889. The topological polar surface area (TPSA) is 58.2 Å². The van der Waals surface area contributed by atoms with Gasteiger partial charge in [-0.25, -0.2) is 0 Å². The number of rotatable bonds is 4. The molecule has 4 rings (SSSR count). The molecule has 2 unspecified atom stereocenters. The van der Waals surface area contributed by atoms with E-state index in [-0.39, 0.29) is 12.1 Å². The van der Waals surface area contributed by atoms with Crippen LogP contribution >= 0.6 is 0 Å². The van der Waals surface area contributed by atoms with Gasteiger partial charge in [0.2, 0.25) is 0 Å². The molecule has 2 fully saturated rings. The van der Waals surface area contributed by atoms with Crippen molar-refractivity contribution >= 4 is 10.2 Å². The number of nitrogens with one attached hydrogen (secondary N) is 2. The summed E-state index contributed by atoms with van der Waals surface area (Å²) in [6.07, 6.45) is 8.50. The Balaban J connectivity index is 1.49. The minimum Gasteiger partial charge on any atom is -0.199 e. The van der Waals surface area contributed by atoms with E-state index in [1.807, 2.05) is 0 Å². The van der Waals surface area contributed by atoms with E-state index in [9.17, 15) is 8.42 Å². The van der Waals surface area contributed by atoms with Gasteiger partial charge in [-0.15, -0.1) is 0 Å². The molecular weight excluding hydrogens is 308 g/mol. The number of benzene rings is 1. The van der Waals surface area contributed by atoms with Crippen LogP contribution in [-0.4, -0.2) is 20.5 Å². The lowest BCUT2D eigenvalue weighted by Gasteiger charge is -2.24. The molecule has 0 aromatic heterocycles. The van der Waals surface area contributed by atoms with Crippen molar-refractivity contribution in [3.63, 3.8) is 0 Å². The SMILES string of the molecule is O=S(=O)(NC1CCCC1)NC1C2CCC1Cc1ccccc1C2. The molecule has 126 valence electrons. The Hall–Kier alpha value is -0.910. The first-order valence-corrected chi connectivity index (χ1v) is 10.5. The van der Waals surface area contributed by atoms with E-state index in [0.29, 0.717) is 11.8 Å². The summed E-state index contributed by atoms with van der Waals surface area (Å²) in [4.78, 5) is 0. The van der Waals surface area contributed by atoms with Gasteiger partial charge < -0.3 is 0 Å². The Labute approximate surface area is 139 Å². The van der Waals surface area contributed by atoms with Crippen LogP contribution in [0.2, 0.25) is 0 Å². The van der Waals surface area contributed by atoms with Gasteiger partial charge in [-0.2, -0.15) is 17.9 Å². The summed E-state index contributed by atoms with van der Waals surface area (Å²) in [6, 6.07) is 8.82. The maximum atomic E-state index is 12.5. The third-order valence-corrected chi connectivity index (χ3v) is 7.20. The van der Waals surface area contributed by atoms with Crippen molar-refractivity contribution < 1.29 is 8.42 Å². The van der Waals surface area contributed by atoms with Gasteiger partial charge in [-0.3, -0.25) is 0 Å². The fraction of sp³-hybridized carbons (Fsp3) is 0.667. The third-order valence-electron chi connectivity index (χ3n) is 5.97. The van der Waals surface area contributed by atoms with Gasteiger partial charge in [0.1, 0.15) is 0 Å². The van der Waals surface area contributed by atoms with Gasteiger partial charge in [-0.05, 0) is 61.5 Å². The predicted molar refractivity (Wildman–Crippen MR) is 91.3 cm³/mol. The zero-order valence-electron chi connectivity index (χ0n) is 13.5. The third kappa shape index (κ3) is 3.32. The summed E-state index contributed by atoms with van der Waals surface area (Å²) < 4.78 is 31.0. The molecule has 23 heavy (non-hydrogen) atoms. The Morgan fingerprint density at radius 1 is 0.826 bits per heavy atom. The van der Waals surface area contributed by atoms with Crippen molar-refractivity contribution in [1.82, 2.24) is 9.44 Å². The lowest BCUT2D eigenvalue weighted by atomic mass is 9.94. The van der Waals surface area contributed by atoms with Crippen LogP contribution in [0.1, 0.15) is 49.7 Å². The molecule has 3 aliphatic carbocycles. The molecule has 0 spiro atoms. The molecule has 0 amide bonds. The first kappa shape index (κ1) is 15.6. The number of fused-ring (bicyclic) bond motifs is 3. The first-order chi connectivity index (χ1) is 11.1. The summed E-state index contributed by atoms with van der Waals surface area (Å²) in [5.41, 5.74) is 2.82. The van der Waals surface area contributed by atoms with Crippen molar-refractivity contribution in [2.24, 2.45) is 11.8 Å². The van der Waals surface area contributed by atoms with Crippen molar-refractivity contribution in [1.29, 1.82) is 0 Å².